The molecule has 0 atom stereocenters. The van der Waals surface area contributed by atoms with Crippen molar-refractivity contribution in [2.45, 2.75) is 19.8 Å². The number of hydrogen-bond acceptors (Lipinski definition) is 5. The third kappa shape index (κ3) is 2.76. The Kier molecular flexibility index (Phi) is 3.85. The monoisotopic (exact) mass is 276 g/mol. The Hall–Kier alpha value is -1.88. The third-order valence-electron chi connectivity index (χ3n) is 2.86. The number of aromatic nitrogens is 1. The summed E-state index contributed by atoms with van der Waals surface area (Å²) in [4.78, 5) is 16.4. The van der Waals surface area contributed by atoms with Gasteiger partial charge in [0, 0.05) is 0 Å². The predicted molar refractivity (Wildman–Crippen MR) is 77.4 cm³/mol. The largest absolute Gasteiger partial charge is 0.464 e. The normalized spacial score (nSPS) is 10.7. The van der Waals surface area contributed by atoms with Crippen molar-refractivity contribution in [1.82, 2.24) is 4.98 Å². The van der Waals surface area contributed by atoms with Gasteiger partial charge in [0.1, 0.15) is 0 Å². The average Bonchev–Trinajstić information content (AvgIpc) is 2.80. The van der Waals surface area contributed by atoms with Crippen LogP contribution in [-0.4, -0.2) is 18.1 Å². The summed E-state index contributed by atoms with van der Waals surface area (Å²) >= 11 is 1.29. The van der Waals surface area contributed by atoms with Gasteiger partial charge in [-0.2, -0.15) is 0 Å². The summed E-state index contributed by atoms with van der Waals surface area (Å²) in [6.07, 6.45) is 0. The maximum absolute atomic E-state index is 11.7. The molecule has 0 bridgehead atoms. The molecule has 1 aromatic heterocycles. The third-order valence-corrected chi connectivity index (χ3v) is 3.80. The van der Waals surface area contributed by atoms with Crippen molar-refractivity contribution < 1.29 is 9.53 Å². The first-order valence-electron chi connectivity index (χ1n) is 5.98. The van der Waals surface area contributed by atoms with Gasteiger partial charge in [0.05, 0.1) is 12.0 Å². The van der Waals surface area contributed by atoms with Gasteiger partial charge in [0.25, 0.3) is 0 Å². The van der Waals surface area contributed by atoms with Gasteiger partial charge in [-0.15, -0.1) is 0 Å². The molecule has 5 heteroatoms. The summed E-state index contributed by atoms with van der Waals surface area (Å²) in [6, 6.07) is 8.07. The van der Waals surface area contributed by atoms with Gasteiger partial charge in [-0.05, 0) is 17.0 Å². The van der Waals surface area contributed by atoms with Crippen molar-refractivity contribution in [2.24, 2.45) is 0 Å². The molecule has 1 aromatic carbocycles. The number of nitrogens with two attached hydrogens (primary N) is 1. The average molecular weight is 276 g/mol. The number of hydrogen-bond donors (Lipinski definition) is 1. The van der Waals surface area contributed by atoms with E-state index in [0.717, 1.165) is 10.4 Å². The Morgan fingerprint density at radius 3 is 2.47 bits per heavy atom. The molecule has 0 saturated heterocycles. The van der Waals surface area contributed by atoms with Gasteiger partial charge in [0.2, 0.25) is 0 Å². The second-order valence-corrected chi connectivity index (χ2v) is 5.53. The lowest BCUT2D eigenvalue weighted by atomic mass is 10.0. The highest BCUT2D eigenvalue weighted by Crippen LogP contribution is 2.32. The molecule has 2 aromatic rings. The number of methoxy groups -OCH3 is 1. The van der Waals surface area contributed by atoms with Gasteiger partial charge >= 0.3 is 5.97 Å². The molecule has 0 spiro atoms. The van der Waals surface area contributed by atoms with E-state index < -0.39 is 5.97 Å². The van der Waals surface area contributed by atoms with Crippen LogP contribution in [0.2, 0.25) is 0 Å². The SMILES string of the molecule is COC(=O)c1nc(N)sc1-c1ccc(C(C)C)cc1. The molecule has 4 nitrogen and oxygen atoms in total. The molecule has 2 N–H and O–H groups in total. The Morgan fingerprint density at radius 2 is 1.95 bits per heavy atom. The van der Waals surface area contributed by atoms with Crippen molar-refractivity contribution in [1.29, 1.82) is 0 Å². The molecule has 0 unspecified atom stereocenters. The van der Waals surface area contributed by atoms with Crippen LogP contribution in [0.4, 0.5) is 5.13 Å². The number of carbonyl (C=O) groups is 1. The van der Waals surface area contributed by atoms with Crippen LogP contribution in [0.25, 0.3) is 10.4 Å². The zero-order chi connectivity index (χ0) is 14.0. The molecule has 0 aliphatic rings. The minimum Gasteiger partial charge on any atom is -0.464 e. The van der Waals surface area contributed by atoms with E-state index in [0.29, 0.717) is 11.0 Å². The number of ether oxygens (including phenoxy) is 1. The number of carbonyl (C=O) groups excluding carboxylic acids is 1. The van der Waals surface area contributed by atoms with E-state index in [2.05, 4.69) is 31.0 Å². The van der Waals surface area contributed by atoms with Gasteiger partial charge < -0.3 is 10.5 Å². The molecule has 0 radical (unpaired) electrons. The lowest BCUT2D eigenvalue weighted by molar-refractivity contribution is 0.0596. The molecule has 2 rings (SSSR count). The number of anilines is 1. The minimum absolute atomic E-state index is 0.280. The number of benzene rings is 1. The molecule has 0 amide bonds. The van der Waals surface area contributed by atoms with Gasteiger partial charge in [-0.25, -0.2) is 9.78 Å². The molecule has 1 heterocycles. The first-order valence-corrected chi connectivity index (χ1v) is 6.79. The van der Waals surface area contributed by atoms with E-state index in [1.54, 1.807) is 0 Å². The molecule has 100 valence electrons. The predicted octanol–water partition coefficient (Wildman–Crippen LogP) is 3.30. The maximum atomic E-state index is 11.7. The highest BCUT2D eigenvalue weighted by atomic mass is 32.1. The van der Waals surface area contributed by atoms with Crippen LogP contribution in [0, 0.1) is 0 Å². The van der Waals surface area contributed by atoms with Gasteiger partial charge in [0.15, 0.2) is 10.8 Å². The lowest BCUT2D eigenvalue weighted by Crippen LogP contribution is -2.03. The Balaban J connectivity index is 2.44. The fourth-order valence-corrected chi connectivity index (χ4v) is 2.61. The Morgan fingerprint density at radius 1 is 1.32 bits per heavy atom. The Labute approximate surface area is 116 Å². The number of thiazole rings is 1. The molecular weight excluding hydrogens is 260 g/mol. The summed E-state index contributed by atoms with van der Waals surface area (Å²) in [7, 11) is 1.34. The second kappa shape index (κ2) is 5.40. The van der Waals surface area contributed by atoms with E-state index in [1.807, 2.05) is 12.1 Å². The molecular formula is C14H16N2O2S. The molecule has 19 heavy (non-hydrogen) atoms. The quantitative estimate of drug-likeness (QED) is 0.873. The summed E-state index contributed by atoms with van der Waals surface area (Å²) in [5.41, 5.74) is 8.15. The number of rotatable bonds is 3. The first-order chi connectivity index (χ1) is 9.02. The lowest BCUT2D eigenvalue weighted by Gasteiger charge is -2.06. The maximum Gasteiger partial charge on any atom is 0.358 e. The molecule has 0 aliphatic heterocycles. The van der Waals surface area contributed by atoms with Crippen LogP contribution in [0.15, 0.2) is 24.3 Å². The number of esters is 1. The molecule has 0 saturated carbocycles. The van der Waals surface area contributed by atoms with Crippen molar-refractivity contribution in [2.75, 3.05) is 12.8 Å². The van der Waals surface area contributed by atoms with Crippen molar-refractivity contribution in [3.05, 3.63) is 35.5 Å². The summed E-state index contributed by atoms with van der Waals surface area (Å²) < 4.78 is 4.72. The summed E-state index contributed by atoms with van der Waals surface area (Å²) in [6.45, 7) is 4.28. The fourth-order valence-electron chi connectivity index (χ4n) is 1.79. The van der Waals surface area contributed by atoms with E-state index in [1.165, 1.54) is 24.0 Å². The van der Waals surface area contributed by atoms with E-state index in [9.17, 15) is 4.79 Å². The Bertz CT molecular complexity index is 588. The highest BCUT2D eigenvalue weighted by Gasteiger charge is 2.19. The fraction of sp³-hybridized carbons (Fsp3) is 0.286. The van der Waals surface area contributed by atoms with E-state index in [4.69, 9.17) is 10.5 Å². The van der Waals surface area contributed by atoms with Gasteiger partial charge in [-0.3, -0.25) is 0 Å². The zero-order valence-corrected chi connectivity index (χ0v) is 12.0. The van der Waals surface area contributed by atoms with E-state index >= 15 is 0 Å². The van der Waals surface area contributed by atoms with Crippen molar-refractivity contribution in [3.8, 4) is 10.4 Å². The smallest absolute Gasteiger partial charge is 0.358 e. The summed E-state index contributed by atoms with van der Waals surface area (Å²) in [5, 5.41) is 0.364. The molecule has 0 fully saturated rings. The van der Waals surface area contributed by atoms with Crippen LogP contribution in [0.5, 0.6) is 0 Å². The first kappa shape index (κ1) is 13.5. The summed E-state index contributed by atoms with van der Waals surface area (Å²) in [5.74, 6) is 0.0107. The highest BCUT2D eigenvalue weighted by molar-refractivity contribution is 7.19. The van der Waals surface area contributed by atoms with Crippen LogP contribution in [0.1, 0.15) is 35.8 Å². The van der Waals surface area contributed by atoms with Crippen molar-refractivity contribution >= 4 is 22.4 Å². The van der Waals surface area contributed by atoms with Gasteiger partial charge in [-0.1, -0.05) is 49.4 Å². The number of nitrogens with zero attached hydrogens (tertiary/aromatic N) is 1. The van der Waals surface area contributed by atoms with Crippen LogP contribution >= 0.6 is 11.3 Å². The van der Waals surface area contributed by atoms with E-state index in [-0.39, 0.29) is 5.69 Å². The topological polar surface area (TPSA) is 65.2 Å². The minimum atomic E-state index is -0.462. The van der Waals surface area contributed by atoms with Crippen LogP contribution in [-0.2, 0) is 4.74 Å². The second-order valence-electron chi connectivity index (χ2n) is 4.50. The number of nitrogen functional groups attached to an aromatic ring is 1. The standard InChI is InChI=1S/C14H16N2O2S/c1-8(2)9-4-6-10(7-5-9)12-11(13(17)18-3)16-14(15)19-12/h4-8H,1-3H3,(H2,15,16). The zero-order valence-electron chi connectivity index (χ0n) is 11.1. The van der Waals surface area contributed by atoms with Crippen LogP contribution in [0.3, 0.4) is 0 Å². The molecule has 0 aliphatic carbocycles. The van der Waals surface area contributed by atoms with Crippen LogP contribution < -0.4 is 5.73 Å². The van der Waals surface area contributed by atoms with Crippen molar-refractivity contribution in [3.63, 3.8) is 0 Å².